The highest BCUT2D eigenvalue weighted by molar-refractivity contribution is 7.78. The Balaban J connectivity index is 2.21. The summed E-state index contributed by atoms with van der Waals surface area (Å²) in [4.78, 5) is 19.4. The number of nitrogens with one attached hydrogen (secondary N) is 1. The van der Waals surface area contributed by atoms with Crippen LogP contribution in [0, 0.1) is 0 Å². The molecule has 1 aliphatic carbocycles. The highest BCUT2D eigenvalue weighted by Crippen LogP contribution is 2.23. The standard InChI is InChI=1S/C12H18N4O4S/c13-11(18)9-5-14-10(6-21(19)20)16-12(9)15-7-2-1-3-8(17)4-7/h5,7-8,17H,1-4,6H2,(H2,13,18)(H,19,20)(H,14,15,16)/t7-,8+/m1/s1. The van der Waals surface area contributed by atoms with E-state index in [2.05, 4.69) is 15.3 Å². The van der Waals surface area contributed by atoms with Crippen molar-refractivity contribution in [3.63, 3.8) is 0 Å². The number of amides is 1. The van der Waals surface area contributed by atoms with Gasteiger partial charge in [0.25, 0.3) is 5.91 Å². The van der Waals surface area contributed by atoms with Gasteiger partial charge in [-0.2, -0.15) is 0 Å². The number of anilines is 1. The topological polar surface area (TPSA) is 138 Å². The van der Waals surface area contributed by atoms with Gasteiger partial charge >= 0.3 is 0 Å². The molecule has 21 heavy (non-hydrogen) atoms. The molecule has 0 aromatic carbocycles. The van der Waals surface area contributed by atoms with Crippen LogP contribution in [0.5, 0.6) is 0 Å². The molecular formula is C12H18N4O4S. The van der Waals surface area contributed by atoms with Crippen LogP contribution in [0.1, 0.15) is 41.9 Å². The van der Waals surface area contributed by atoms with Crippen molar-refractivity contribution < 1.29 is 18.7 Å². The maximum absolute atomic E-state index is 11.4. The molecule has 8 nitrogen and oxygen atoms in total. The number of aliphatic hydroxyl groups is 1. The third-order valence-electron chi connectivity index (χ3n) is 3.34. The molecule has 1 saturated carbocycles. The van der Waals surface area contributed by atoms with E-state index < -0.39 is 17.0 Å². The number of hydrogen-bond donors (Lipinski definition) is 4. The second kappa shape index (κ2) is 6.92. The molecule has 0 radical (unpaired) electrons. The van der Waals surface area contributed by atoms with E-state index in [4.69, 9.17) is 10.3 Å². The van der Waals surface area contributed by atoms with Crippen LogP contribution in [0.2, 0.25) is 0 Å². The second-order valence-electron chi connectivity index (χ2n) is 5.04. The summed E-state index contributed by atoms with van der Waals surface area (Å²) in [6.07, 6.45) is 3.92. The van der Waals surface area contributed by atoms with Crippen molar-refractivity contribution in [3.8, 4) is 0 Å². The van der Waals surface area contributed by atoms with E-state index in [0.717, 1.165) is 19.3 Å². The lowest BCUT2D eigenvalue weighted by Gasteiger charge is -2.27. The predicted octanol–water partition coefficient (Wildman–Crippen LogP) is 0.0126. The molecule has 116 valence electrons. The van der Waals surface area contributed by atoms with Gasteiger partial charge < -0.3 is 20.7 Å². The first-order chi connectivity index (χ1) is 9.95. The van der Waals surface area contributed by atoms with Gasteiger partial charge in [0, 0.05) is 12.2 Å². The van der Waals surface area contributed by atoms with Crippen LogP contribution in [0.25, 0.3) is 0 Å². The minimum absolute atomic E-state index is 0.0192. The highest BCUT2D eigenvalue weighted by Gasteiger charge is 2.22. The monoisotopic (exact) mass is 314 g/mol. The summed E-state index contributed by atoms with van der Waals surface area (Å²) >= 11 is -2.06. The van der Waals surface area contributed by atoms with Crippen LogP contribution in [0.3, 0.4) is 0 Å². The fourth-order valence-electron chi connectivity index (χ4n) is 2.38. The number of carbonyl (C=O) groups is 1. The smallest absolute Gasteiger partial charge is 0.254 e. The number of aromatic nitrogens is 2. The van der Waals surface area contributed by atoms with Gasteiger partial charge in [-0.3, -0.25) is 4.79 Å². The number of carbonyl (C=O) groups excluding carboxylic acids is 1. The van der Waals surface area contributed by atoms with Crippen LogP contribution < -0.4 is 11.1 Å². The van der Waals surface area contributed by atoms with Crippen LogP contribution in [0.4, 0.5) is 5.82 Å². The quantitative estimate of drug-likeness (QED) is 0.561. The summed E-state index contributed by atoms with van der Waals surface area (Å²) in [7, 11) is 0. The maximum Gasteiger partial charge on any atom is 0.254 e. The van der Waals surface area contributed by atoms with Crippen LogP contribution >= 0.6 is 0 Å². The van der Waals surface area contributed by atoms with E-state index in [1.807, 2.05) is 0 Å². The Morgan fingerprint density at radius 2 is 2.29 bits per heavy atom. The maximum atomic E-state index is 11.4. The molecule has 1 unspecified atom stereocenters. The highest BCUT2D eigenvalue weighted by atomic mass is 32.2. The number of primary amides is 1. The molecule has 1 aromatic heterocycles. The molecule has 1 aliphatic rings. The van der Waals surface area contributed by atoms with Crippen molar-refractivity contribution in [2.24, 2.45) is 5.73 Å². The van der Waals surface area contributed by atoms with Crippen molar-refractivity contribution in [3.05, 3.63) is 17.6 Å². The van der Waals surface area contributed by atoms with Gasteiger partial charge in [0.2, 0.25) is 0 Å². The molecule has 1 fully saturated rings. The molecule has 1 amide bonds. The Bertz CT molecular complexity index is 554. The minimum Gasteiger partial charge on any atom is -0.393 e. The summed E-state index contributed by atoms with van der Waals surface area (Å²) in [5.41, 5.74) is 5.41. The Morgan fingerprint density at radius 1 is 1.52 bits per heavy atom. The van der Waals surface area contributed by atoms with Gasteiger partial charge in [-0.15, -0.1) is 0 Å². The Hall–Kier alpha value is -1.58. The molecule has 1 aromatic rings. The largest absolute Gasteiger partial charge is 0.393 e. The van der Waals surface area contributed by atoms with Crippen LogP contribution in [-0.2, 0) is 16.8 Å². The predicted molar refractivity (Wildman–Crippen MR) is 76.9 cm³/mol. The molecule has 0 spiro atoms. The molecule has 3 atom stereocenters. The molecule has 9 heteroatoms. The lowest BCUT2D eigenvalue weighted by Crippen LogP contribution is -2.31. The summed E-state index contributed by atoms with van der Waals surface area (Å²) in [5.74, 6) is -0.497. The minimum atomic E-state index is -2.06. The lowest BCUT2D eigenvalue weighted by molar-refractivity contribution is 0.100. The Labute approximate surface area is 124 Å². The molecule has 1 heterocycles. The fourth-order valence-corrected chi connectivity index (χ4v) is 2.74. The fraction of sp³-hybridized carbons (Fsp3) is 0.583. The zero-order valence-electron chi connectivity index (χ0n) is 11.4. The molecule has 5 N–H and O–H groups in total. The van der Waals surface area contributed by atoms with Crippen molar-refractivity contribution in [1.82, 2.24) is 9.97 Å². The number of nitrogens with zero attached hydrogens (tertiary/aromatic N) is 2. The summed E-state index contributed by atoms with van der Waals surface area (Å²) in [6.45, 7) is 0. The second-order valence-corrected chi connectivity index (χ2v) is 5.97. The lowest BCUT2D eigenvalue weighted by atomic mass is 9.93. The number of rotatable bonds is 5. The van der Waals surface area contributed by atoms with Gasteiger partial charge in [0.1, 0.15) is 17.4 Å². The number of aliphatic hydroxyl groups excluding tert-OH is 1. The van der Waals surface area contributed by atoms with E-state index >= 15 is 0 Å². The van der Waals surface area contributed by atoms with Crippen molar-refractivity contribution in [2.45, 2.75) is 43.6 Å². The third kappa shape index (κ3) is 4.45. The molecule has 0 aliphatic heterocycles. The van der Waals surface area contributed by atoms with Gasteiger partial charge in [-0.1, -0.05) is 0 Å². The Morgan fingerprint density at radius 3 is 2.90 bits per heavy atom. The van der Waals surface area contributed by atoms with Crippen LogP contribution in [0.15, 0.2) is 6.20 Å². The molecular weight excluding hydrogens is 296 g/mol. The first-order valence-electron chi connectivity index (χ1n) is 6.63. The Kier molecular flexibility index (Phi) is 5.21. The summed E-state index contributed by atoms with van der Waals surface area (Å²) in [6, 6.07) is -0.0192. The van der Waals surface area contributed by atoms with Crippen molar-refractivity contribution in [2.75, 3.05) is 5.32 Å². The van der Waals surface area contributed by atoms with Crippen molar-refractivity contribution in [1.29, 1.82) is 0 Å². The SMILES string of the molecule is NC(=O)c1cnc(CS(=O)O)nc1N[C@@H]1CCC[C@H](O)C1. The molecule has 0 bridgehead atoms. The average molecular weight is 314 g/mol. The summed E-state index contributed by atoms with van der Waals surface area (Å²) in [5, 5.41) is 12.8. The van der Waals surface area contributed by atoms with E-state index in [1.165, 1.54) is 6.20 Å². The van der Waals surface area contributed by atoms with E-state index in [-0.39, 0.29) is 35.1 Å². The van der Waals surface area contributed by atoms with Gasteiger partial charge in [-0.25, -0.2) is 14.2 Å². The molecule has 0 saturated heterocycles. The van der Waals surface area contributed by atoms with Gasteiger partial charge in [0.15, 0.2) is 11.1 Å². The van der Waals surface area contributed by atoms with E-state index in [1.54, 1.807) is 0 Å². The van der Waals surface area contributed by atoms with E-state index in [0.29, 0.717) is 6.42 Å². The normalized spacial score (nSPS) is 23.5. The summed E-state index contributed by atoms with van der Waals surface area (Å²) < 4.78 is 19.7. The third-order valence-corrected chi connectivity index (χ3v) is 3.85. The molecule has 2 rings (SSSR count). The van der Waals surface area contributed by atoms with Gasteiger partial charge in [-0.05, 0) is 25.7 Å². The first-order valence-corrected chi connectivity index (χ1v) is 7.91. The number of nitrogens with two attached hydrogens (primary N) is 1. The average Bonchev–Trinajstić information content (AvgIpc) is 2.37. The van der Waals surface area contributed by atoms with Crippen molar-refractivity contribution >= 4 is 22.8 Å². The van der Waals surface area contributed by atoms with Gasteiger partial charge in [0.05, 0.1) is 11.7 Å². The first kappa shape index (κ1) is 15.8. The zero-order valence-corrected chi connectivity index (χ0v) is 12.2. The zero-order chi connectivity index (χ0) is 15.4. The number of hydrogen-bond acceptors (Lipinski definition) is 6. The van der Waals surface area contributed by atoms with Crippen LogP contribution in [-0.4, -0.2) is 41.9 Å². The van der Waals surface area contributed by atoms with E-state index in [9.17, 15) is 14.1 Å².